The second kappa shape index (κ2) is 12.5. The van der Waals surface area contributed by atoms with Crippen LogP contribution in [-0.2, 0) is 39.5 Å². The minimum absolute atomic E-state index is 0.0155. The summed E-state index contributed by atoms with van der Waals surface area (Å²) in [6.45, 7) is 14.4. The molecule has 0 saturated heterocycles. The lowest BCUT2D eigenvalue weighted by molar-refractivity contribution is 0.451. The highest BCUT2D eigenvalue weighted by atomic mass is 32.2. The van der Waals surface area contributed by atoms with E-state index in [2.05, 4.69) is 44.6 Å². The first-order valence-corrected chi connectivity index (χ1v) is 17.1. The van der Waals surface area contributed by atoms with E-state index in [4.69, 9.17) is 0 Å². The average molecular weight is 657 g/mol. The van der Waals surface area contributed by atoms with Crippen LogP contribution in [0.15, 0.2) is 13.2 Å². The molecule has 0 aromatic carbocycles. The lowest BCUT2D eigenvalue weighted by atomic mass is 10.0. The van der Waals surface area contributed by atoms with E-state index in [9.17, 15) is 36.2 Å². The summed E-state index contributed by atoms with van der Waals surface area (Å²) in [6.07, 6.45) is 3.62. The van der Waals surface area contributed by atoms with Crippen LogP contribution in [-0.4, -0.2) is 67.6 Å². The van der Waals surface area contributed by atoms with Gasteiger partial charge in [-0.1, -0.05) is 13.2 Å². The molecule has 14 heteroatoms. The van der Waals surface area contributed by atoms with Gasteiger partial charge < -0.3 is 30.1 Å². The number of nitrogens with one attached hydrogen (secondary N) is 4. The SMILES string of the molecule is C=C=c1c(C)c(O)[nH]c1=Cc1[nH]c(Cc2[nH]c(C=c3[nH]c(O)c(C)c3=C=C)c(C)c2CCS(=O)(=O)O)c(CCS(=O)(=O)O)c1C. The van der Waals surface area contributed by atoms with Crippen molar-refractivity contribution in [3.63, 3.8) is 0 Å². The van der Waals surface area contributed by atoms with Crippen LogP contribution in [0.3, 0.4) is 0 Å². The zero-order chi connectivity index (χ0) is 33.4. The summed E-state index contributed by atoms with van der Waals surface area (Å²) in [6, 6.07) is 0. The quantitative estimate of drug-likeness (QED) is 0.115. The number of aromatic amines is 4. The van der Waals surface area contributed by atoms with E-state index in [1.54, 1.807) is 39.8 Å². The summed E-state index contributed by atoms with van der Waals surface area (Å²) in [5.74, 6) is -1.14. The van der Waals surface area contributed by atoms with Gasteiger partial charge in [0.05, 0.1) is 22.2 Å². The molecule has 0 amide bonds. The fourth-order valence-corrected chi connectivity index (χ4v) is 6.44. The van der Waals surface area contributed by atoms with Crippen LogP contribution in [0, 0.1) is 27.7 Å². The number of hydrogen-bond donors (Lipinski definition) is 8. The Morgan fingerprint density at radius 3 is 1.31 bits per heavy atom. The monoisotopic (exact) mass is 656 g/mol. The van der Waals surface area contributed by atoms with Crippen LogP contribution in [0.5, 0.6) is 11.8 Å². The highest BCUT2D eigenvalue weighted by molar-refractivity contribution is 7.86. The molecular formula is C31H36N4O8S2. The number of H-pyrrole nitrogens is 4. The number of rotatable bonds is 10. The van der Waals surface area contributed by atoms with E-state index in [1.165, 1.54) is 0 Å². The molecule has 0 saturated carbocycles. The molecule has 0 unspecified atom stereocenters. The predicted octanol–water partition coefficient (Wildman–Crippen LogP) is 0.884. The average Bonchev–Trinajstić information content (AvgIpc) is 3.58. The Kier molecular flexibility index (Phi) is 9.32. The molecule has 0 bridgehead atoms. The third kappa shape index (κ3) is 7.29. The molecule has 0 atom stereocenters. The van der Waals surface area contributed by atoms with E-state index < -0.39 is 31.7 Å². The highest BCUT2D eigenvalue weighted by Crippen LogP contribution is 2.27. The number of aromatic nitrogens is 4. The first-order chi connectivity index (χ1) is 20.9. The van der Waals surface area contributed by atoms with Gasteiger partial charge in [-0.2, -0.15) is 16.8 Å². The van der Waals surface area contributed by atoms with E-state index in [1.807, 2.05) is 0 Å². The van der Waals surface area contributed by atoms with Crippen molar-refractivity contribution in [2.24, 2.45) is 0 Å². The molecule has 4 aromatic heterocycles. The third-order valence-corrected chi connectivity index (χ3v) is 9.46. The largest absolute Gasteiger partial charge is 0.494 e. The maximum atomic E-state index is 11.7. The van der Waals surface area contributed by atoms with Gasteiger partial charge in [0, 0.05) is 50.8 Å². The molecule has 45 heavy (non-hydrogen) atoms. The molecule has 240 valence electrons. The Hall–Kier alpha value is -4.42. The molecule has 4 heterocycles. The fourth-order valence-electron chi connectivity index (χ4n) is 5.52. The van der Waals surface area contributed by atoms with Gasteiger partial charge in [0.1, 0.15) is 0 Å². The zero-order valence-electron chi connectivity index (χ0n) is 25.3. The van der Waals surface area contributed by atoms with Crippen molar-refractivity contribution < 1.29 is 36.2 Å². The normalized spacial score (nSPS) is 13.0. The molecular weight excluding hydrogens is 620 g/mol. The van der Waals surface area contributed by atoms with Crippen LogP contribution >= 0.6 is 0 Å². The van der Waals surface area contributed by atoms with Crippen LogP contribution in [0.2, 0.25) is 0 Å². The zero-order valence-corrected chi connectivity index (χ0v) is 27.0. The number of hydrogen-bond acceptors (Lipinski definition) is 6. The molecule has 0 aliphatic rings. The van der Waals surface area contributed by atoms with Crippen molar-refractivity contribution in [3.05, 3.63) is 90.4 Å². The van der Waals surface area contributed by atoms with Gasteiger partial charge in [0.15, 0.2) is 11.8 Å². The molecule has 0 radical (unpaired) electrons. The predicted molar refractivity (Wildman–Crippen MR) is 172 cm³/mol. The second-order valence-electron chi connectivity index (χ2n) is 10.9. The van der Waals surface area contributed by atoms with Gasteiger partial charge in [0.25, 0.3) is 20.2 Å². The van der Waals surface area contributed by atoms with Crippen molar-refractivity contribution in [2.75, 3.05) is 11.5 Å². The van der Waals surface area contributed by atoms with Gasteiger partial charge in [0.2, 0.25) is 0 Å². The van der Waals surface area contributed by atoms with Gasteiger partial charge in [-0.3, -0.25) is 9.11 Å². The van der Waals surface area contributed by atoms with Crippen molar-refractivity contribution in [1.82, 2.24) is 19.9 Å². The van der Waals surface area contributed by atoms with Crippen LogP contribution in [0.25, 0.3) is 23.6 Å². The Labute approximate surface area is 260 Å². The summed E-state index contributed by atoms with van der Waals surface area (Å²) in [5.41, 5.74) is 11.8. The molecule has 8 N–H and O–H groups in total. The maximum Gasteiger partial charge on any atom is 0.265 e. The summed E-state index contributed by atoms with van der Waals surface area (Å²) in [4.78, 5) is 12.4. The molecule has 0 aliphatic heterocycles. The summed E-state index contributed by atoms with van der Waals surface area (Å²) >= 11 is 0. The van der Waals surface area contributed by atoms with Crippen LogP contribution in [0.1, 0.15) is 56.2 Å². The second-order valence-corrected chi connectivity index (χ2v) is 14.1. The molecule has 0 aliphatic carbocycles. The number of aromatic hydroxyl groups is 2. The highest BCUT2D eigenvalue weighted by Gasteiger charge is 2.21. The van der Waals surface area contributed by atoms with Crippen molar-refractivity contribution in [1.29, 1.82) is 0 Å². The van der Waals surface area contributed by atoms with Gasteiger partial charge in [-0.05, 0) is 74.9 Å². The molecule has 0 spiro atoms. The lowest BCUT2D eigenvalue weighted by Crippen LogP contribution is -2.23. The van der Waals surface area contributed by atoms with Gasteiger partial charge >= 0.3 is 0 Å². The van der Waals surface area contributed by atoms with Crippen LogP contribution < -0.4 is 21.1 Å². The van der Waals surface area contributed by atoms with Crippen molar-refractivity contribution >= 4 is 43.9 Å². The maximum absolute atomic E-state index is 11.7. The lowest BCUT2D eigenvalue weighted by Gasteiger charge is -2.07. The van der Waals surface area contributed by atoms with E-state index >= 15 is 0 Å². The first-order valence-electron chi connectivity index (χ1n) is 13.8. The van der Waals surface area contributed by atoms with E-state index in [0.29, 0.717) is 77.3 Å². The summed E-state index contributed by atoms with van der Waals surface area (Å²) in [7, 11) is -8.59. The van der Waals surface area contributed by atoms with E-state index in [-0.39, 0.29) is 31.0 Å². The summed E-state index contributed by atoms with van der Waals surface area (Å²) < 4.78 is 65.9. The Morgan fingerprint density at radius 1 is 0.644 bits per heavy atom. The minimum Gasteiger partial charge on any atom is -0.494 e. The van der Waals surface area contributed by atoms with Gasteiger partial charge in [-0.15, -0.1) is 11.5 Å². The first kappa shape index (κ1) is 33.5. The topological polar surface area (TPSA) is 212 Å². The molecule has 4 rings (SSSR count). The van der Waals surface area contributed by atoms with E-state index in [0.717, 1.165) is 0 Å². The molecule has 0 fully saturated rings. The molecule has 4 aromatic rings. The fraction of sp³-hybridized carbons (Fsp3) is 0.290. The Morgan fingerprint density at radius 2 is 1.00 bits per heavy atom. The minimum atomic E-state index is -4.29. The van der Waals surface area contributed by atoms with Crippen LogP contribution in [0.4, 0.5) is 0 Å². The van der Waals surface area contributed by atoms with Gasteiger partial charge in [-0.25, -0.2) is 0 Å². The third-order valence-electron chi connectivity index (χ3n) is 8.02. The Balaban J connectivity index is 1.93. The Bertz CT molecular complexity index is 2160. The van der Waals surface area contributed by atoms with Crippen molar-refractivity contribution in [2.45, 2.75) is 47.0 Å². The smallest absolute Gasteiger partial charge is 0.265 e. The standard InChI is InChI=1S/C31H36N4O8S2/c1-7-20-18(5)30(36)34-26(20)13-24-16(3)22(9-11-44(38,39)40)28(32-24)15-29-23(10-12-45(41,42)43)17(4)25(33-29)14-27-21(8-2)19(6)31(37)35-27/h13-14,32-37H,1-2,9-12,15H2,3-6H3,(H,38,39,40)(H,41,42,43). The molecule has 12 nitrogen and oxygen atoms in total. The summed E-state index contributed by atoms with van der Waals surface area (Å²) in [5, 5.41) is 22.6. The van der Waals surface area contributed by atoms with Crippen molar-refractivity contribution in [3.8, 4) is 11.8 Å².